The highest BCUT2D eigenvalue weighted by Crippen LogP contribution is 2.29. The van der Waals surface area contributed by atoms with E-state index < -0.39 is 0 Å². The molecule has 8 nitrogen and oxygen atoms in total. The van der Waals surface area contributed by atoms with Crippen molar-refractivity contribution in [1.82, 2.24) is 15.3 Å². The maximum absolute atomic E-state index is 6.56. The van der Waals surface area contributed by atoms with Crippen LogP contribution in [0.3, 0.4) is 0 Å². The first kappa shape index (κ1) is 19.1. The zero-order valence-electron chi connectivity index (χ0n) is 16.7. The molecular weight excluding hydrogens is 378 g/mol. The van der Waals surface area contributed by atoms with E-state index in [9.17, 15) is 0 Å². The first-order chi connectivity index (χ1) is 14.5. The Kier molecular flexibility index (Phi) is 5.13. The van der Waals surface area contributed by atoms with Gasteiger partial charge in [0.1, 0.15) is 11.5 Å². The van der Waals surface area contributed by atoms with Gasteiger partial charge in [-0.2, -0.15) is 0 Å². The monoisotopic (exact) mass is 399 g/mol. The van der Waals surface area contributed by atoms with Crippen LogP contribution >= 0.6 is 0 Å². The van der Waals surface area contributed by atoms with Gasteiger partial charge < -0.3 is 21.1 Å². The lowest BCUT2D eigenvalue weighted by atomic mass is 10.1. The molecular formula is C22H21N7O. The number of hydrogen-bond donors (Lipinski definition) is 3. The molecule has 0 unspecified atom stereocenters. The quantitative estimate of drug-likeness (QED) is 0.605. The van der Waals surface area contributed by atoms with Crippen molar-refractivity contribution in [1.29, 1.82) is 0 Å². The Bertz CT molecular complexity index is 1210. The molecule has 0 radical (unpaired) electrons. The normalized spacial score (nSPS) is 15.9. The fourth-order valence-electron chi connectivity index (χ4n) is 3.02. The van der Waals surface area contributed by atoms with Crippen LogP contribution in [0.5, 0.6) is 5.88 Å². The largest absolute Gasteiger partial charge is 0.481 e. The van der Waals surface area contributed by atoms with E-state index in [1.54, 1.807) is 25.7 Å². The molecule has 1 aliphatic heterocycles. The fourth-order valence-corrected chi connectivity index (χ4v) is 3.02. The standard InChI is InChI=1S/C22H21N7O/c1-13(2)27-22-20(25-12-26-22)19(23)16-10-14-6-4-5-7-17(14)29-21(16)28-15-8-9-18(30-3)24-11-15/h4-12H,1,23H2,2-3H3,(H,28,29)(H,25,26,27)/b20-19+. The van der Waals surface area contributed by atoms with Gasteiger partial charge in [-0.1, -0.05) is 24.8 Å². The minimum atomic E-state index is 0.443. The van der Waals surface area contributed by atoms with Crippen LogP contribution in [0.25, 0.3) is 16.6 Å². The second-order valence-electron chi connectivity index (χ2n) is 6.65. The molecule has 3 heterocycles. The molecule has 4 rings (SSSR count). The van der Waals surface area contributed by atoms with Crippen molar-refractivity contribution in [2.45, 2.75) is 6.92 Å². The molecule has 4 N–H and O–H groups in total. The number of anilines is 2. The van der Waals surface area contributed by atoms with Gasteiger partial charge in [0.25, 0.3) is 0 Å². The van der Waals surface area contributed by atoms with Gasteiger partial charge in [0.2, 0.25) is 5.88 Å². The van der Waals surface area contributed by atoms with Gasteiger partial charge in [0, 0.05) is 22.7 Å². The highest BCUT2D eigenvalue weighted by molar-refractivity contribution is 6.14. The third-order valence-corrected chi connectivity index (χ3v) is 4.40. The summed E-state index contributed by atoms with van der Waals surface area (Å²) in [6.07, 6.45) is 3.23. The number of nitrogens with two attached hydrogens (primary N) is 1. The lowest BCUT2D eigenvalue weighted by Gasteiger charge is -2.14. The maximum atomic E-state index is 6.56. The number of aliphatic imine (C=N–C) groups is 2. The molecule has 1 aliphatic rings. The fraction of sp³-hybridized carbons (Fsp3) is 0.0909. The number of rotatable bonds is 5. The van der Waals surface area contributed by atoms with E-state index in [4.69, 9.17) is 15.5 Å². The van der Waals surface area contributed by atoms with Crippen LogP contribution in [0, 0.1) is 0 Å². The van der Waals surface area contributed by atoms with E-state index in [1.165, 1.54) is 0 Å². The molecule has 0 bridgehead atoms. The van der Waals surface area contributed by atoms with Gasteiger partial charge >= 0.3 is 0 Å². The molecule has 8 heteroatoms. The van der Waals surface area contributed by atoms with Gasteiger partial charge in [-0.15, -0.1) is 0 Å². The molecule has 0 aliphatic carbocycles. The Morgan fingerprint density at radius 3 is 2.80 bits per heavy atom. The predicted molar refractivity (Wildman–Crippen MR) is 121 cm³/mol. The van der Waals surface area contributed by atoms with Crippen LogP contribution in [0.15, 0.2) is 76.6 Å². The number of nitrogens with zero attached hydrogens (tertiary/aromatic N) is 4. The van der Waals surface area contributed by atoms with Crippen molar-refractivity contribution in [3.8, 4) is 5.88 Å². The molecule has 0 spiro atoms. The summed E-state index contributed by atoms with van der Waals surface area (Å²) in [6.45, 7) is 5.63. The number of hydrogen-bond acceptors (Lipinski definition) is 7. The molecule has 2 aromatic heterocycles. The SMILES string of the molecule is C=C(C)/N=C1/NC=N/C1=C(/N)c1cc2ccccc2nc1Nc1ccc(OC)nc1. The summed E-state index contributed by atoms with van der Waals surface area (Å²) < 4.78 is 5.12. The number of nitrogens with one attached hydrogen (secondary N) is 2. The maximum Gasteiger partial charge on any atom is 0.213 e. The van der Waals surface area contributed by atoms with Crippen molar-refractivity contribution in [2.24, 2.45) is 15.7 Å². The van der Waals surface area contributed by atoms with Crippen molar-refractivity contribution in [3.05, 3.63) is 72.2 Å². The zero-order chi connectivity index (χ0) is 21.1. The second-order valence-corrected chi connectivity index (χ2v) is 6.65. The van der Waals surface area contributed by atoms with E-state index in [0.29, 0.717) is 40.2 Å². The molecule has 150 valence electrons. The molecule has 30 heavy (non-hydrogen) atoms. The zero-order valence-corrected chi connectivity index (χ0v) is 16.7. The average Bonchev–Trinajstić information content (AvgIpc) is 3.20. The summed E-state index contributed by atoms with van der Waals surface area (Å²) in [4.78, 5) is 17.8. The molecule has 1 aromatic carbocycles. The first-order valence-corrected chi connectivity index (χ1v) is 9.26. The number of ether oxygens (including phenoxy) is 1. The van der Waals surface area contributed by atoms with Crippen molar-refractivity contribution in [3.63, 3.8) is 0 Å². The van der Waals surface area contributed by atoms with Gasteiger partial charge in [-0.05, 0) is 25.1 Å². The molecule has 0 atom stereocenters. The molecule has 0 fully saturated rings. The summed E-state index contributed by atoms with van der Waals surface area (Å²) in [5, 5.41) is 7.27. The van der Waals surface area contributed by atoms with Crippen molar-refractivity contribution in [2.75, 3.05) is 12.4 Å². The summed E-state index contributed by atoms with van der Waals surface area (Å²) in [6, 6.07) is 13.5. The smallest absolute Gasteiger partial charge is 0.213 e. The van der Waals surface area contributed by atoms with Crippen LogP contribution in [-0.2, 0) is 0 Å². The topological polar surface area (TPSA) is 110 Å². The van der Waals surface area contributed by atoms with E-state index in [2.05, 4.69) is 32.2 Å². The van der Waals surface area contributed by atoms with Crippen LogP contribution in [0.1, 0.15) is 12.5 Å². The summed E-state index contributed by atoms with van der Waals surface area (Å²) in [5.74, 6) is 1.66. The van der Waals surface area contributed by atoms with Gasteiger partial charge in [0.05, 0.1) is 36.5 Å². The third-order valence-electron chi connectivity index (χ3n) is 4.40. The van der Waals surface area contributed by atoms with E-state index in [1.807, 2.05) is 43.3 Å². The molecule has 0 saturated carbocycles. The van der Waals surface area contributed by atoms with E-state index in [-0.39, 0.29) is 0 Å². The summed E-state index contributed by atoms with van der Waals surface area (Å²) in [5.41, 5.74) is 10.5. The Morgan fingerprint density at radius 1 is 1.23 bits per heavy atom. The molecule has 0 amide bonds. The number of fused-ring (bicyclic) bond motifs is 1. The first-order valence-electron chi connectivity index (χ1n) is 9.26. The number of methoxy groups -OCH3 is 1. The van der Waals surface area contributed by atoms with Crippen molar-refractivity contribution < 1.29 is 4.74 Å². The predicted octanol–water partition coefficient (Wildman–Crippen LogP) is 3.57. The minimum Gasteiger partial charge on any atom is -0.481 e. The van der Waals surface area contributed by atoms with Crippen LogP contribution in [-0.4, -0.2) is 29.3 Å². The Morgan fingerprint density at radius 2 is 2.07 bits per heavy atom. The van der Waals surface area contributed by atoms with Gasteiger partial charge in [-0.25, -0.2) is 20.0 Å². The average molecular weight is 399 g/mol. The number of amidine groups is 1. The van der Waals surface area contributed by atoms with Gasteiger partial charge in [-0.3, -0.25) is 0 Å². The second kappa shape index (κ2) is 8.04. The highest BCUT2D eigenvalue weighted by Gasteiger charge is 2.19. The number of pyridine rings is 2. The van der Waals surface area contributed by atoms with E-state index >= 15 is 0 Å². The summed E-state index contributed by atoms with van der Waals surface area (Å²) >= 11 is 0. The Hall–Kier alpha value is -4.20. The van der Waals surface area contributed by atoms with Crippen LogP contribution in [0.4, 0.5) is 11.5 Å². The summed E-state index contributed by atoms with van der Waals surface area (Å²) in [7, 11) is 1.57. The van der Waals surface area contributed by atoms with Gasteiger partial charge in [0.15, 0.2) is 5.84 Å². The minimum absolute atomic E-state index is 0.443. The van der Waals surface area contributed by atoms with Crippen molar-refractivity contribution >= 4 is 40.3 Å². The lowest BCUT2D eigenvalue weighted by Crippen LogP contribution is -2.19. The number of benzene rings is 1. The highest BCUT2D eigenvalue weighted by atomic mass is 16.5. The number of allylic oxidation sites excluding steroid dienone is 1. The number of para-hydroxylation sites is 1. The molecule has 0 saturated heterocycles. The lowest BCUT2D eigenvalue weighted by molar-refractivity contribution is 0.398. The Balaban J connectivity index is 1.85. The number of aromatic nitrogens is 2. The Labute approximate surface area is 173 Å². The molecule has 3 aromatic rings. The van der Waals surface area contributed by atoms with E-state index in [0.717, 1.165) is 16.6 Å². The van der Waals surface area contributed by atoms with Crippen LogP contribution in [0.2, 0.25) is 0 Å². The van der Waals surface area contributed by atoms with Crippen LogP contribution < -0.4 is 21.1 Å². The third kappa shape index (κ3) is 3.83.